The lowest BCUT2D eigenvalue weighted by molar-refractivity contribution is 0.169. The molecule has 0 aliphatic carbocycles. The van der Waals surface area contributed by atoms with E-state index >= 15 is 0 Å². The monoisotopic (exact) mass is 214 g/mol. The minimum absolute atomic E-state index is 0.710. The molecular weight excluding hydrogens is 196 g/mol. The lowest BCUT2D eigenvalue weighted by Crippen LogP contribution is -2.45. The Labute approximate surface area is 91.3 Å². The predicted molar refractivity (Wildman–Crippen MR) is 60.6 cm³/mol. The number of piperidine rings is 1. The summed E-state index contributed by atoms with van der Waals surface area (Å²) in [7, 11) is 0. The summed E-state index contributed by atoms with van der Waals surface area (Å²) in [6, 6.07) is 1.57. The van der Waals surface area contributed by atoms with Crippen LogP contribution in [0, 0.1) is 0 Å². The molecule has 0 radical (unpaired) electrons. The maximum Gasteiger partial charge on any atom is 0.0149 e. The van der Waals surface area contributed by atoms with Gasteiger partial charge in [0.2, 0.25) is 0 Å². The van der Waals surface area contributed by atoms with Crippen LogP contribution in [0.3, 0.4) is 0 Å². The van der Waals surface area contributed by atoms with Crippen molar-refractivity contribution in [2.24, 2.45) is 0 Å². The maximum absolute atomic E-state index is 5.48. The molecule has 2 atom stereocenters. The zero-order chi connectivity index (χ0) is 9.80. The molecule has 2 rings (SSSR count). The van der Waals surface area contributed by atoms with E-state index in [2.05, 4.69) is 10.2 Å². The number of hydrogen-bond acceptors (Lipinski definition) is 2. The van der Waals surface area contributed by atoms with E-state index in [4.69, 9.17) is 11.6 Å². The summed E-state index contributed by atoms with van der Waals surface area (Å²) in [6.45, 7) is 3.53. The zero-order valence-electron chi connectivity index (χ0n) is 8.58. The molecule has 2 aliphatic rings. The van der Waals surface area contributed by atoms with Gasteiger partial charge in [-0.15, -0.1) is 0 Å². The van der Waals surface area contributed by atoms with Gasteiger partial charge in [0, 0.05) is 24.2 Å². The van der Waals surface area contributed by atoms with E-state index in [-0.39, 0.29) is 0 Å². The van der Waals surface area contributed by atoms with Gasteiger partial charge in [-0.05, 0) is 38.8 Å². The van der Waals surface area contributed by atoms with Crippen molar-refractivity contribution in [3.05, 3.63) is 11.6 Å². The molecule has 0 aromatic rings. The maximum atomic E-state index is 5.48. The highest BCUT2D eigenvalue weighted by atomic mass is 35.5. The number of hydrogen-bond donors (Lipinski definition) is 1. The van der Waals surface area contributed by atoms with Gasteiger partial charge in [-0.1, -0.05) is 17.7 Å². The van der Waals surface area contributed by atoms with Crippen molar-refractivity contribution in [1.82, 2.24) is 10.2 Å². The van der Waals surface area contributed by atoms with Crippen LogP contribution in [0.15, 0.2) is 11.6 Å². The smallest absolute Gasteiger partial charge is 0.0149 e. The largest absolute Gasteiger partial charge is 0.310 e. The molecule has 1 N–H and O–H groups in total. The van der Waals surface area contributed by atoms with Gasteiger partial charge < -0.3 is 10.2 Å². The predicted octanol–water partition coefficient (Wildman–Crippen LogP) is 1.96. The second-order valence-electron chi connectivity index (χ2n) is 4.32. The van der Waals surface area contributed by atoms with Gasteiger partial charge in [-0.25, -0.2) is 0 Å². The van der Waals surface area contributed by atoms with Crippen LogP contribution in [0.2, 0.25) is 0 Å². The van der Waals surface area contributed by atoms with Crippen molar-refractivity contribution in [2.75, 3.05) is 19.6 Å². The van der Waals surface area contributed by atoms with Crippen LogP contribution in [0.25, 0.3) is 0 Å². The van der Waals surface area contributed by atoms with Crippen molar-refractivity contribution in [2.45, 2.75) is 37.8 Å². The highest BCUT2D eigenvalue weighted by Crippen LogP contribution is 2.26. The Morgan fingerprint density at radius 2 is 2.29 bits per heavy atom. The van der Waals surface area contributed by atoms with Crippen LogP contribution in [0.5, 0.6) is 0 Å². The summed E-state index contributed by atoms with van der Waals surface area (Å²) < 4.78 is 0. The fourth-order valence-electron chi connectivity index (χ4n) is 2.69. The van der Waals surface area contributed by atoms with E-state index in [1.807, 2.05) is 6.08 Å². The molecule has 0 aromatic carbocycles. The third kappa shape index (κ3) is 2.50. The van der Waals surface area contributed by atoms with Crippen molar-refractivity contribution >= 4 is 11.6 Å². The van der Waals surface area contributed by atoms with Gasteiger partial charge in [0.15, 0.2) is 0 Å². The summed E-state index contributed by atoms with van der Waals surface area (Å²) in [4.78, 5) is 2.65. The molecule has 0 aromatic heterocycles. The first kappa shape index (κ1) is 10.5. The second-order valence-corrected chi connectivity index (χ2v) is 4.58. The summed E-state index contributed by atoms with van der Waals surface area (Å²) in [5, 5.41) is 3.54. The van der Waals surface area contributed by atoms with Crippen molar-refractivity contribution < 1.29 is 0 Å². The molecule has 2 nitrogen and oxygen atoms in total. The van der Waals surface area contributed by atoms with Crippen LogP contribution < -0.4 is 5.32 Å². The number of nitrogens with zero attached hydrogens (tertiary/aromatic N) is 1. The van der Waals surface area contributed by atoms with Gasteiger partial charge in [0.1, 0.15) is 0 Å². The first-order chi connectivity index (χ1) is 6.90. The summed E-state index contributed by atoms with van der Waals surface area (Å²) in [5.41, 5.74) is 1.59. The highest BCUT2D eigenvalue weighted by molar-refractivity contribution is 6.25. The van der Waals surface area contributed by atoms with E-state index in [0.29, 0.717) is 6.04 Å². The Bertz CT molecular complexity index is 205. The van der Waals surface area contributed by atoms with Gasteiger partial charge in [-0.2, -0.15) is 0 Å². The number of halogens is 1. The average Bonchev–Trinajstić information content (AvgIpc) is 2.65. The minimum Gasteiger partial charge on any atom is -0.310 e. The van der Waals surface area contributed by atoms with Gasteiger partial charge >= 0.3 is 0 Å². The summed E-state index contributed by atoms with van der Waals surface area (Å²) in [6.07, 6.45) is 7.41. The zero-order valence-corrected chi connectivity index (χ0v) is 9.34. The highest BCUT2D eigenvalue weighted by Gasteiger charge is 2.30. The number of rotatable bonds is 3. The van der Waals surface area contributed by atoms with Gasteiger partial charge in [-0.3, -0.25) is 0 Å². The van der Waals surface area contributed by atoms with E-state index < -0.39 is 0 Å². The number of nitrogens with one attached hydrogen (secondary N) is 1. The molecule has 0 spiro atoms. The third-order valence-electron chi connectivity index (χ3n) is 3.43. The quantitative estimate of drug-likeness (QED) is 0.773. The van der Waals surface area contributed by atoms with E-state index in [1.54, 1.807) is 5.54 Å². The van der Waals surface area contributed by atoms with Crippen LogP contribution in [-0.4, -0.2) is 36.6 Å². The first-order valence-corrected chi connectivity index (χ1v) is 6.06. The fourth-order valence-corrected chi connectivity index (χ4v) is 2.78. The van der Waals surface area contributed by atoms with Crippen LogP contribution in [0.4, 0.5) is 0 Å². The van der Waals surface area contributed by atoms with Crippen LogP contribution in [0.1, 0.15) is 25.7 Å². The molecule has 0 bridgehead atoms. The SMILES string of the molecule is Cl/C=C/CNC1CCN2CCCC2C1. The molecule has 80 valence electrons. The Balaban J connectivity index is 1.74. The average molecular weight is 215 g/mol. The number of fused-ring (bicyclic) bond motifs is 1. The normalized spacial score (nSPS) is 33.8. The lowest BCUT2D eigenvalue weighted by Gasteiger charge is -2.35. The first-order valence-electron chi connectivity index (χ1n) is 5.63. The van der Waals surface area contributed by atoms with Crippen LogP contribution in [-0.2, 0) is 0 Å². The Morgan fingerprint density at radius 3 is 3.14 bits per heavy atom. The van der Waals surface area contributed by atoms with E-state index in [0.717, 1.165) is 12.6 Å². The molecular formula is C11H19ClN2. The van der Waals surface area contributed by atoms with Gasteiger partial charge in [0.05, 0.1) is 0 Å². The van der Waals surface area contributed by atoms with Crippen molar-refractivity contribution in [3.8, 4) is 0 Å². The Kier molecular flexibility index (Phi) is 3.85. The van der Waals surface area contributed by atoms with E-state index in [1.165, 1.54) is 38.8 Å². The molecule has 14 heavy (non-hydrogen) atoms. The molecule has 2 heterocycles. The summed E-state index contributed by atoms with van der Waals surface area (Å²) >= 11 is 5.48. The topological polar surface area (TPSA) is 15.3 Å². The fraction of sp³-hybridized carbons (Fsp3) is 0.818. The third-order valence-corrected chi connectivity index (χ3v) is 3.61. The van der Waals surface area contributed by atoms with E-state index in [9.17, 15) is 0 Å². The molecule has 0 saturated carbocycles. The van der Waals surface area contributed by atoms with Gasteiger partial charge in [0.25, 0.3) is 0 Å². The second kappa shape index (κ2) is 5.15. The minimum atomic E-state index is 0.710. The molecule has 2 aliphatic heterocycles. The molecule has 2 fully saturated rings. The van der Waals surface area contributed by atoms with Crippen molar-refractivity contribution in [1.29, 1.82) is 0 Å². The molecule has 3 heteroatoms. The van der Waals surface area contributed by atoms with Crippen LogP contribution >= 0.6 is 11.6 Å². The Hall–Kier alpha value is -0.0500. The standard InChI is InChI=1S/C11H19ClN2/c12-5-2-6-13-10-4-8-14-7-1-3-11(14)9-10/h2,5,10-11,13H,1,3-4,6-9H2/b5-2+. The lowest BCUT2D eigenvalue weighted by atomic mass is 9.98. The van der Waals surface area contributed by atoms with Crippen molar-refractivity contribution in [3.63, 3.8) is 0 Å². The molecule has 0 amide bonds. The molecule has 2 saturated heterocycles. The summed E-state index contributed by atoms with van der Waals surface area (Å²) in [5.74, 6) is 0. The Morgan fingerprint density at radius 1 is 1.36 bits per heavy atom. The molecule has 2 unspecified atom stereocenters.